The van der Waals surface area contributed by atoms with Gasteiger partial charge in [0, 0.05) is 19.1 Å². The van der Waals surface area contributed by atoms with E-state index in [-0.39, 0.29) is 30.2 Å². The van der Waals surface area contributed by atoms with Crippen LogP contribution >= 0.6 is 0 Å². The second kappa shape index (κ2) is 5.92. The molecule has 0 aromatic carbocycles. The summed E-state index contributed by atoms with van der Waals surface area (Å²) in [7, 11) is -3.32. The van der Waals surface area contributed by atoms with Gasteiger partial charge in [-0.2, -0.15) is 4.98 Å². The number of furan rings is 1. The molecule has 9 nitrogen and oxygen atoms in total. The van der Waals surface area contributed by atoms with Crippen molar-refractivity contribution in [1.82, 2.24) is 19.8 Å². The smallest absolute Gasteiger partial charge is 0.287 e. The topological polar surface area (TPSA) is 119 Å². The van der Waals surface area contributed by atoms with Crippen molar-refractivity contribution >= 4 is 15.9 Å². The fraction of sp³-hybridized carbons (Fsp3) is 0.562. The molecule has 26 heavy (non-hydrogen) atoms. The molecule has 3 atom stereocenters. The Morgan fingerprint density at radius 1 is 1.46 bits per heavy atom. The highest BCUT2D eigenvalue weighted by molar-refractivity contribution is 7.88. The van der Waals surface area contributed by atoms with E-state index in [2.05, 4.69) is 15.5 Å². The van der Waals surface area contributed by atoms with Gasteiger partial charge < -0.3 is 14.3 Å². The number of carbonyl (C=O) groups excluding carboxylic acids is 1. The lowest BCUT2D eigenvalue weighted by atomic mass is 9.80. The normalized spacial score (nSPS) is 29.0. The fourth-order valence-corrected chi connectivity index (χ4v) is 5.10. The van der Waals surface area contributed by atoms with E-state index in [1.807, 2.05) is 0 Å². The molecule has 2 aromatic rings. The number of fused-ring (bicyclic) bond motifs is 1. The van der Waals surface area contributed by atoms with Crippen LogP contribution in [0.1, 0.15) is 35.1 Å². The van der Waals surface area contributed by atoms with Gasteiger partial charge in [-0.15, -0.1) is 0 Å². The first kappa shape index (κ1) is 17.2. The lowest BCUT2D eigenvalue weighted by molar-refractivity contribution is 0.0906. The molecule has 3 heterocycles. The molecular weight excluding hydrogens is 360 g/mol. The van der Waals surface area contributed by atoms with Gasteiger partial charge in [0.15, 0.2) is 11.6 Å². The minimum absolute atomic E-state index is 0.000948. The van der Waals surface area contributed by atoms with Gasteiger partial charge in [-0.05, 0) is 37.8 Å². The Labute approximate surface area is 150 Å². The number of aryl methyl sites for hydroxylation is 1. The first-order chi connectivity index (χ1) is 12.3. The number of sulfonamides is 1. The molecular formula is C16H20N4O5S. The lowest BCUT2D eigenvalue weighted by Crippen LogP contribution is -2.39. The van der Waals surface area contributed by atoms with Crippen molar-refractivity contribution in [1.29, 1.82) is 0 Å². The van der Waals surface area contributed by atoms with E-state index in [1.54, 1.807) is 19.1 Å². The molecule has 4 rings (SSSR count). The van der Waals surface area contributed by atoms with E-state index >= 15 is 0 Å². The predicted octanol–water partition coefficient (Wildman–Crippen LogP) is 0.693. The van der Waals surface area contributed by atoms with Gasteiger partial charge in [-0.1, -0.05) is 5.16 Å². The maximum atomic E-state index is 12.3. The molecule has 0 bridgehead atoms. The third kappa shape index (κ3) is 2.82. The summed E-state index contributed by atoms with van der Waals surface area (Å²) in [5.41, 5.74) is -0.578. The quantitative estimate of drug-likeness (QED) is 0.829. The number of hydrogen-bond donors (Lipinski definition) is 1. The van der Waals surface area contributed by atoms with Crippen LogP contribution in [0.3, 0.4) is 0 Å². The Kier molecular flexibility index (Phi) is 3.92. The number of nitrogens with one attached hydrogen (secondary N) is 1. The number of carbonyl (C=O) groups is 1. The minimum atomic E-state index is -3.32. The van der Waals surface area contributed by atoms with E-state index in [0.717, 1.165) is 0 Å². The van der Waals surface area contributed by atoms with Gasteiger partial charge in [0.1, 0.15) is 0 Å². The van der Waals surface area contributed by atoms with Crippen LogP contribution in [0, 0.1) is 12.8 Å². The molecule has 1 N–H and O–H groups in total. The second-order valence-electron chi connectivity index (χ2n) is 7.14. The zero-order chi connectivity index (χ0) is 18.5. The third-order valence-corrected chi connectivity index (χ3v) is 6.56. The van der Waals surface area contributed by atoms with Crippen molar-refractivity contribution in [2.24, 2.45) is 5.92 Å². The summed E-state index contributed by atoms with van der Waals surface area (Å²) in [6, 6.07) is 3.14. The molecule has 1 aliphatic carbocycles. The van der Waals surface area contributed by atoms with Crippen LogP contribution in [0.2, 0.25) is 0 Å². The summed E-state index contributed by atoms with van der Waals surface area (Å²) in [6.45, 7) is 2.39. The van der Waals surface area contributed by atoms with Gasteiger partial charge in [-0.25, -0.2) is 12.7 Å². The van der Waals surface area contributed by atoms with Gasteiger partial charge >= 0.3 is 0 Å². The number of nitrogens with zero attached hydrogens (tertiary/aromatic N) is 3. The van der Waals surface area contributed by atoms with Crippen LogP contribution in [0.15, 0.2) is 27.3 Å². The largest absolute Gasteiger partial charge is 0.459 e. The van der Waals surface area contributed by atoms with Gasteiger partial charge in [0.25, 0.3) is 5.91 Å². The molecule has 0 radical (unpaired) electrons. The molecule has 1 saturated carbocycles. The zero-order valence-electron chi connectivity index (χ0n) is 14.5. The average molecular weight is 380 g/mol. The van der Waals surface area contributed by atoms with E-state index in [9.17, 15) is 13.2 Å². The Hall–Kier alpha value is -2.20. The molecule has 0 spiro atoms. The van der Waals surface area contributed by atoms with Crippen LogP contribution in [0.5, 0.6) is 0 Å². The zero-order valence-corrected chi connectivity index (χ0v) is 15.3. The molecule has 2 aliphatic rings. The molecule has 140 valence electrons. The Morgan fingerprint density at radius 3 is 2.88 bits per heavy atom. The molecule has 2 fully saturated rings. The Morgan fingerprint density at radius 2 is 2.27 bits per heavy atom. The average Bonchev–Trinajstić information content (AvgIpc) is 3.28. The van der Waals surface area contributed by atoms with Gasteiger partial charge in [0.2, 0.25) is 15.9 Å². The van der Waals surface area contributed by atoms with Crippen molar-refractivity contribution in [3.05, 3.63) is 35.9 Å². The standard InChI is InChI=1S/C16H20N4O5S/c1-10-17-15(25-19-10)16-7-12(18-14(21)13-4-3-5-24-13)6-11(16)8-20(9-16)26(2,22)23/h3-5,11-12H,6-9H2,1-2H3,(H,18,21)/t11?,12-,16+/m1/s1. The maximum absolute atomic E-state index is 12.3. The second-order valence-corrected chi connectivity index (χ2v) is 9.13. The van der Waals surface area contributed by atoms with Gasteiger partial charge in [-0.3, -0.25) is 4.79 Å². The Balaban J connectivity index is 1.60. The number of aromatic nitrogens is 2. The van der Waals surface area contributed by atoms with E-state index in [4.69, 9.17) is 8.94 Å². The van der Waals surface area contributed by atoms with E-state index in [1.165, 1.54) is 16.8 Å². The first-order valence-electron chi connectivity index (χ1n) is 8.38. The van der Waals surface area contributed by atoms with Crippen LogP contribution in [0.4, 0.5) is 0 Å². The monoisotopic (exact) mass is 380 g/mol. The van der Waals surface area contributed by atoms with Crippen LogP contribution < -0.4 is 5.32 Å². The molecule has 1 aliphatic heterocycles. The highest BCUT2D eigenvalue weighted by atomic mass is 32.2. The van der Waals surface area contributed by atoms with E-state index in [0.29, 0.717) is 31.1 Å². The van der Waals surface area contributed by atoms with Crippen LogP contribution in [-0.2, 0) is 15.4 Å². The summed E-state index contributed by atoms with van der Waals surface area (Å²) in [5.74, 6) is 0.924. The van der Waals surface area contributed by atoms with Crippen molar-refractivity contribution in [2.45, 2.75) is 31.2 Å². The SMILES string of the molecule is Cc1noc([C@]23C[C@H](NC(=O)c4ccco4)CC2CN(S(C)(=O)=O)C3)n1. The van der Waals surface area contributed by atoms with Crippen LogP contribution in [-0.4, -0.2) is 54.2 Å². The molecule has 1 unspecified atom stereocenters. The highest BCUT2D eigenvalue weighted by Gasteiger charge is 2.59. The molecule has 1 amide bonds. The van der Waals surface area contributed by atoms with Gasteiger partial charge in [0.05, 0.1) is 17.9 Å². The van der Waals surface area contributed by atoms with Crippen molar-refractivity contribution in [3.63, 3.8) is 0 Å². The summed E-state index contributed by atoms with van der Waals surface area (Å²) in [5, 5.41) is 6.85. The molecule has 10 heteroatoms. The van der Waals surface area contributed by atoms with E-state index < -0.39 is 15.4 Å². The summed E-state index contributed by atoms with van der Waals surface area (Å²) >= 11 is 0. The molecule has 1 saturated heterocycles. The minimum Gasteiger partial charge on any atom is -0.459 e. The summed E-state index contributed by atoms with van der Waals surface area (Å²) in [6.07, 6.45) is 3.83. The Bertz CT molecular complexity index is 922. The molecule has 2 aromatic heterocycles. The van der Waals surface area contributed by atoms with Crippen molar-refractivity contribution in [3.8, 4) is 0 Å². The number of amides is 1. The van der Waals surface area contributed by atoms with Crippen molar-refractivity contribution < 1.29 is 22.2 Å². The maximum Gasteiger partial charge on any atom is 0.287 e. The van der Waals surface area contributed by atoms with Crippen molar-refractivity contribution in [2.75, 3.05) is 19.3 Å². The lowest BCUT2D eigenvalue weighted by Gasteiger charge is -2.24. The third-order valence-electron chi connectivity index (χ3n) is 5.35. The van der Waals surface area contributed by atoms with Crippen LogP contribution in [0.25, 0.3) is 0 Å². The number of rotatable bonds is 4. The summed E-state index contributed by atoms with van der Waals surface area (Å²) < 4.78 is 36.1. The summed E-state index contributed by atoms with van der Waals surface area (Å²) in [4.78, 5) is 16.7. The first-order valence-corrected chi connectivity index (χ1v) is 10.2. The fourth-order valence-electron chi connectivity index (χ4n) is 4.18. The number of hydrogen-bond acceptors (Lipinski definition) is 7. The predicted molar refractivity (Wildman–Crippen MR) is 89.8 cm³/mol. The highest BCUT2D eigenvalue weighted by Crippen LogP contribution is 2.50.